The number of aliphatic hydroxyl groups excluding tert-OH is 2. The lowest BCUT2D eigenvalue weighted by atomic mass is 9.90. The maximum atomic E-state index is 14.5. The molecular formula is C10H15FN6O4. The average molecular weight is 302 g/mol. The Labute approximate surface area is 118 Å². The summed E-state index contributed by atoms with van der Waals surface area (Å²) in [7, 11) is 0. The number of hydrogen-bond acceptors (Lipinski definition) is 7. The van der Waals surface area contributed by atoms with Crippen LogP contribution in [-0.4, -0.2) is 63.6 Å². The van der Waals surface area contributed by atoms with Crippen LogP contribution in [0.4, 0.5) is 4.39 Å². The van der Waals surface area contributed by atoms with Crippen LogP contribution in [0.2, 0.25) is 0 Å². The second-order valence-electron chi connectivity index (χ2n) is 4.46. The Morgan fingerprint density at radius 2 is 2.33 bits per heavy atom. The van der Waals surface area contributed by atoms with Gasteiger partial charge in [0.15, 0.2) is 11.9 Å². The van der Waals surface area contributed by atoms with E-state index in [2.05, 4.69) is 15.5 Å². The Morgan fingerprint density at radius 1 is 1.71 bits per heavy atom. The van der Waals surface area contributed by atoms with Crippen molar-refractivity contribution in [3.8, 4) is 6.07 Å². The summed E-state index contributed by atoms with van der Waals surface area (Å²) in [5.74, 6) is -0.938. The van der Waals surface area contributed by atoms with Crippen LogP contribution < -0.4 is 11.1 Å². The predicted molar refractivity (Wildman–Crippen MR) is 68.6 cm³/mol. The summed E-state index contributed by atoms with van der Waals surface area (Å²) in [6.45, 7) is -0.0113. The first kappa shape index (κ1) is 16.8. The Bertz CT molecular complexity index is 516. The summed E-state index contributed by atoms with van der Waals surface area (Å²) in [5.41, 5.74) is 0.558. The van der Waals surface area contributed by atoms with Crippen LogP contribution in [-0.2, 0) is 4.74 Å². The van der Waals surface area contributed by atoms with Gasteiger partial charge in [-0.3, -0.25) is 0 Å². The topological polar surface area (TPSA) is 180 Å². The first-order valence-corrected chi connectivity index (χ1v) is 5.67. The molecule has 0 radical (unpaired) electrons. The van der Waals surface area contributed by atoms with E-state index in [0.717, 1.165) is 6.92 Å². The molecule has 1 rings (SSSR count). The normalized spacial score (nSPS) is 37.1. The molecule has 0 amide bonds. The van der Waals surface area contributed by atoms with Crippen LogP contribution >= 0.6 is 0 Å². The number of aliphatic imine (C=N–C) groups is 1. The lowest BCUT2D eigenvalue weighted by Gasteiger charge is -2.24. The lowest BCUT2D eigenvalue weighted by Crippen LogP contribution is -2.51. The minimum Gasteiger partial charge on any atom is -0.408 e. The summed E-state index contributed by atoms with van der Waals surface area (Å²) in [4.78, 5) is 3.43. The Balaban J connectivity index is 3.04. The van der Waals surface area contributed by atoms with Gasteiger partial charge in [0, 0.05) is 0 Å². The lowest BCUT2D eigenvalue weighted by molar-refractivity contribution is -0.0757. The summed E-state index contributed by atoms with van der Waals surface area (Å²) >= 11 is 0. The molecule has 0 aromatic carbocycles. The predicted octanol–water partition coefficient (Wildman–Crippen LogP) is -1.97. The SMILES string of the molecule is C[C@]1(F)[C@H](NC(=N/O)/N=C(/N)C=N)O[C@](C#N)(CO)[C@H]1O. The third kappa shape index (κ3) is 2.92. The van der Waals surface area contributed by atoms with E-state index < -0.39 is 36.2 Å². The van der Waals surface area contributed by atoms with Crippen molar-refractivity contribution in [1.82, 2.24) is 5.32 Å². The van der Waals surface area contributed by atoms with Crippen LogP contribution in [0.5, 0.6) is 0 Å². The van der Waals surface area contributed by atoms with E-state index in [4.69, 9.17) is 31.5 Å². The first-order chi connectivity index (χ1) is 9.77. The van der Waals surface area contributed by atoms with Crippen molar-refractivity contribution < 1.29 is 24.5 Å². The molecule has 116 valence electrons. The zero-order valence-electron chi connectivity index (χ0n) is 11.0. The van der Waals surface area contributed by atoms with Gasteiger partial charge in [-0.1, -0.05) is 0 Å². The zero-order valence-corrected chi connectivity index (χ0v) is 11.0. The number of alkyl halides is 1. The van der Waals surface area contributed by atoms with Crippen molar-refractivity contribution in [2.24, 2.45) is 15.9 Å². The summed E-state index contributed by atoms with van der Waals surface area (Å²) < 4.78 is 19.5. The highest BCUT2D eigenvalue weighted by atomic mass is 19.1. The van der Waals surface area contributed by atoms with Crippen molar-refractivity contribution in [2.75, 3.05) is 6.61 Å². The van der Waals surface area contributed by atoms with Gasteiger partial charge in [-0.2, -0.15) is 10.3 Å². The molecule has 1 fully saturated rings. The number of guanidine groups is 1. The minimum atomic E-state index is -2.50. The van der Waals surface area contributed by atoms with Gasteiger partial charge < -0.3 is 36.6 Å². The highest BCUT2D eigenvalue weighted by Gasteiger charge is 2.63. The monoisotopic (exact) mass is 302 g/mol. The molecule has 1 aliphatic heterocycles. The number of halogens is 1. The van der Waals surface area contributed by atoms with Crippen LogP contribution in [0.15, 0.2) is 10.1 Å². The summed E-state index contributed by atoms with van der Waals surface area (Å²) in [5, 5.41) is 48.4. The van der Waals surface area contributed by atoms with Gasteiger partial charge in [0.25, 0.3) is 5.96 Å². The van der Waals surface area contributed by atoms with E-state index in [0.29, 0.717) is 6.21 Å². The molecule has 7 N–H and O–H groups in total. The molecular weight excluding hydrogens is 287 g/mol. The van der Waals surface area contributed by atoms with Gasteiger partial charge >= 0.3 is 0 Å². The molecule has 0 saturated carbocycles. The molecule has 0 aromatic rings. The molecule has 0 aliphatic carbocycles. The van der Waals surface area contributed by atoms with Crippen LogP contribution in [0.25, 0.3) is 0 Å². The number of ether oxygens (including phenoxy) is 1. The molecule has 0 spiro atoms. The Morgan fingerprint density at radius 3 is 2.71 bits per heavy atom. The number of oxime groups is 1. The highest BCUT2D eigenvalue weighted by molar-refractivity contribution is 6.29. The summed E-state index contributed by atoms with van der Waals surface area (Å²) in [6.07, 6.45) is -2.95. The van der Waals surface area contributed by atoms with E-state index in [1.807, 2.05) is 0 Å². The van der Waals surface area contributed by atoms with Crippen molar-refractivity contribution in [3.05, 3.63) is 0 Å². The molecule has 11 heteroatoms. The van der Waals surface area contributed by atoms with E-state index in [-0.39, 0.29) is 5.84 Å². The van der Waals surface area contributed by atoms with Gasteiger partial charge in [-0.25, -0.2) is 4.39 Å². The second kappa shape index (κ2) is 6.00. The average Bonchev–Trinajstić information content (AvgIpc) is 2.67. The fraction of sp³-hybridized carbons (Fsp3) is 0.600. The van der Waals surface area contributed by atoms with Crippen LogP contribution in [0.3, 0.4) is 0 Å². The van der Waals surface area contributed by atoms with E-state index in [9.17, 15) is 9.50 Å². The number of rotatable bonds is 3. The number of nitriles is 1. The van der Waals surface area contributed by atoms with E-state index >= 15 is 0 Å². The number of amidine groups is 1. The van der Waals surface area contributed by atoms with Gasteiger partial charge in [0.05, 0.1) is 12.8 Å². The highest BCUT2D eigenvalue weighted by Crippen LogP contribution is 2.39. The molecule has 0 aromatic heterocycles. The van der Waals surface area contributed by atoms with Crippen molar-refractivity contribution in [1.29, 1.82) is 10.7 Å². The van der Waals surface area contributed by atoms with E-state index in [1.165, 1.54) is 6.07 Å². The van der Waals surface area contributed by atoms with Gasteiger partial charge in [0.1, 0.15) is 18.0 Å². The molecule has 1 aliphatic rings. The molecule has 0 bridgehead atoms. The molecule has 0 unspecified atom stereocenters. The quantitative estimate of drug-likeness (QED) is 0.151. The standard InChI is InChI=1S/C10H15FN6O4/c1-9(11)6(19)10(3-13,4-18)21-7(9)16-8(17-20)15-5(14)2-12/h2,6-7,12,18-20H,4H2,1H3,(H3,14,15,16,17)/t6-,7+,9+,10+/m0/s1. The van der Waals surface area contributed by atoms with Gasteiger partial charge in [0.2, 0.25) is 5.60 Å². The van der Waals surface area contributed by atoms with Crippen LogP contribution in [0.1, 0.15) is 6.92 Å². The largest absolute Gasteiger partial charge is 0.408 e. The molecule has 1 saturated heterocycles. The Kier molecular flexibility index (Phi) is 4.79. The smallest absolute Gasteiger partial charge is 0.263 e. The number of hydrogen-bond donors (Lipinski definition) is 6. The first-order valence-electron chi connectivity index (χ1n) is 5.67. The number of aliphatic hydroxyl groups is 2. The third-order valence-electron chi connectivity index (χ3n) is 2.98. The van der Waals surface area contributed by atoms with Crippen molar-refractivity contribution >= 4 is 18.0 Å². The molecule has 21 heavy (non-hydrogen) atoms. The van der Waals surface area contributed by atoms with Gasteiger partial charge in [-0.15, -0.1) is 0 Å². The maximum Gasteiger partial charge on any atom is 0.263 e. The fourth-order valence-corrected chi connectivity index (χ4v) is 1.76. The Hall–Kier alpha value is -2.29. The number of nitrogens with two attached hydrogens (primary N) is 1. The number of nitrogens with zero attached hydrogens (tertiary/aromatic N) is 3. The van der Waals surface area contributed by atoms with Crippen molar-refractivity contribution in [3.63, 3.8) is 0 Å². The maximum absolute atomic E-state index is 14.5. The zero-order chi connectivity index (χ0) is 16.3. The fourth-order valence-electron chi connectivity index (χ4n) is 1.76. The summed E-state index contributed by atoms with van der Waals surface area (Å²) in [6, 6.07) is 1.50. The molecule has 1 heterocycles. The van der Waals surface area contributed by atoms with Crippen molar-refractivity contribution in [2.45, 2.75) is 30.5 Å². The molecule has 10 nitrogen and oxygen atoms in total. The number of nitrogens with one attached hydrogen (secondary N) is 2. The second-order valence-corrected chi connectivity index (χ2v) is 4.46. The van der Waals surface area contributed by atoms with Gasteiger partial charge in [-0.05, 0) is 12.1 Å². The van der Waals surface area contributed by atoms with E-state index in [1.54, 1.807) is 0 Å². The minimum absolute atomic E-state index is 0.344. The van der Waals surface area contributed by atoms with Crippen LogP contribution in [0, 0.1) is 16.7 Å². The third-order valence-corrected chi connectivity index (χ3v) is 2.98. The molecule has 4 atom stereocenters.